The summed E-state index contributed by atoms with van der Waals surface area (Å²) in [6, 6.07) is 7.41. The van der Waals surface area contributed by atoms with Crippen LogP contribution >= 0.6 is 0 Å². The van der Waals surface area contributed by atoms with Crippen LogP contribution in [0.4, 0.5) is 0 Å². The number of methoxy groups -OCH3 is 1. The van der Waals surface area contributed by atoms with Gasteiger partial charge in [0.25, 0.3) is 0 Å². The average molecular weight is 245 g/mol. The van der Waals surface area contributed by atoms with Crippen molar-refractivity contribution in [3.8, 4) is 5.75 Å². The summed E-state index contributed by atoms with van der Waals surface area (Å²) in [7, 11) is 1.36. The fraction of sp³-hybridized carbons (Fsp3) is 0.286. The Morgan fingerprint density at radius 1 is 1.33 bits per heavy atom. The van der Waals surface area contributed by atoms with E-state index < -0.39 is 0 Å². The Kier molecular flexibility index (Phi) is 3.46. The molecule has 0 saturated heterocycles. The fourth-order valence-electron chi connectivity index (χ4n) is 1.82. The number of fused-ring (bicyclic) bond motifs is 1. The van der Waals surface area contributed by atoms with Crippen molar-refractivity contribution in [2.75, 3.05) is 13.7 Å². The average Bonchev–Trinajstić information content (AvgIpc) is 2.38. The molecule has 0 aliphatic heterocycles. The minimum atomic E-state index is -0.372. The van der Waals surface area contributed by atoms with Gasteiger partial charge in [0.2, 0.25) is 0 Å². The quantitative estimate of drug-likeness (QED) is 0.780. The van der Waals surface area contributed by atoms with E-state index in [9.17, 15) is 4.79 Å². The predicted octanol–water partition coefficient (Wildman–Crippen LogP) is 2.73. The van der Waals surface area contributed by atoms with Gasteiger partial charge in [0, 0.05) is 5.39 Å². The van der Waals surface area contributed by atoms with Crippen molar-refractivity contribution < 1.29 is 14.3 Å². The maximum atomic E-state index is 11.6. The summed E-state index contributed by atoms with van der Waals surface area (Å²) in [5.74, 6) is 0.398. The van der Waals surface area contributed by atoms with Gasteiger partial charge in [-0.1, -0.05) is 0 Å². The monoisotopic (exact) mass is 245 g/mol. The lowest BCUT2D eigenvalue weighted by Crippen LogP contribution is -2.05. The van der Waals surface area contributed by atoms with Gasteiger partial charge in [0.1, 0.15) is 5.75 Å². The van der Waals surface area contributed by atoms with Crippen molar-refractivity contribution in [1.82, 2.24) is 4.98 Å². The molecule has 1 aromatic carbocycles. The minimum Gasteiger partial charge on any atom is -0.494 e. The van der Waals surface area contributed by atoms with E-state index in [1.54, 1.807) is 13.0 Å². The van der Waals surface area contributed by atoms with Crippen LogP contribution in [0.2, 0.25) is 0 Å². The molecular weight excluding hydrogens is 230 g/mol. The molecule has 1 heterocycles. The number of benzene rings is 1. The van der Waals surface area contributed by atoms with Gasteiger partial charge in [-0.3, -0.25) is 4.98 Å². The molecule has 94 valence electrons. The van der Waals surface area contributed by atoms with Gasteiger partial charge in [-0.2, -0.15) is 0 Å². The van der Waals surface area contributed by atoms with E-state index in [2.05, 4.69) is 4.98 Å². The van der Waals surface area contributed by atoms with Crippen LogP contribution in [0.3, 0.4) is 0 Å². The van der Waals surface area contributed by atoms with Crippen LogP contribution in [-0.4, -0.2) is 24.7 Å². The van der Waals surface area contributed by atoms with Crippen LogP contribution in [0.25, 0.3) is 10.9 Å². The number of aryl methyl sites for hydroxylation is 1. The van der Waals surface area contributed by atoms with Crippen molar-refractivity contribution in [1.29, 1.82) is 0 Å². The number of rotatable bonds is 3. The summed E-state index contributed by atoms with van der Waals surface area (Å²) in [5, 5.41) is 0.868. The van der Waals surface area contributed by atoms with Crippen LogP contribution in [0.15, 0.2) is 24.3 Å². The van der Waals surface area contributed by atoms with E-state index in [0.29, 0.717) is 17.9 Å². The number of hydrogen-bond acceptors (Lipinski definition) is 4. The molecule has 0 aliphatic carbocycles. The lowest BCUT2D eigenvalue weighted by Gasteiger charge is -2.07. The summed E-state index contributed by atoms with van der Waals surface area (Å²) in [4.78, 5) is 16.0. The van der Waals surface area contributed by atoms with Crippen molar-refractivity contribution >= 4 is 16.9 Å². The smallest absolute Gasteiger partial charge is 0.339 e. The fourth-order valence-corrected chi connectivity index (χ4v) is 1.82. The first kappa shape index (κ1) is 12.4. The van der Waals surface area contributed by atoms with Crippen LogP contribution in [0, 0.1) is 6.92 Å². The van der Waals surface area contributed by atoms with Gasteiger partial charge < -0.3 is 9.47 Å². The summed E-state index contributed by atoms with van der Waals surface area (Å²) in [5.41, 5.74) is 1.99. The summed E-state index contributed by atoms with van der Waals surface area (Å²) >= 11 is 0. The van der Waals surface area contributed by atoms with Crippen molar-refractivity contribution in [3.63, 3.8) is 0 Å². The number of ether oxygens (including phenoxy) is 2. The second kappa shape index (κ2) is 5.04. The molecule has 0 unspecified atom stereocenters. The third-order valence-corrected chi connectivity index (χ3v) is 2.69. The minimum absolute atomic E-state index is 0.372. The highest BCUT2D eigenvalue weighted by Crippen LogP contribution is 2.22. The van der Waals surface area contributed by atoms with Crippen molar-refractivity contribution in [3.05, 3.63) is 35.5 Å². The number of esters is 1. The molecule has 0 spiro atoms. The topological polar surface area (TPSA) is 48.4 Å². The highest BCUT2D eigenvalue weighted by atomic mass is 16.5. The van der Waals surface area contributed by atoms with Gasteiger partial charge in [-0.05, 0) is 38.1 Å². The lowest BCUT2D eigenvalue weighted by atomic mass is 10.1. The maximum absolute atomic E-state index is 11.6. The van der Waals surface area contributed by atoms with E-state index in [-0.39, 0.29) is 5.97 Å². The third-order valence-electron chi connectivity index (χ3n) is 2.69. The molecule has 0 N–H and O–H groups in total. The molecule has 0 aliphatic rings. The zero-order chi connectivity index (χ0) is 13.1. The molecule has 0 bridgehead atoms. The number of pyridine rings is 1. The maximum Gasteiger partial charge on any atom is 0.339 e. The number of carbonyl (C=O) groups is 1. The Labute approximate surface area is 106 Å². The Morgan fingerprint density at radius 3 is 2.78 bits per heavy atom. The van der Waals surface area contributed by atoms with E-state index >= 15 is 0 Å². The Balaban J connectivity index is 2.55. The third kappa shape index (κ3) is 2.27. The van der Waals surface area contributed by atoms with E-state index in [4.69, 9.17) is 9.47 Å². The first-order valence-corrected chi connectivity index (χ1v) is 5.78. The molecule has 2 rings (SSSR count). The van der Waals surface area contributed by atoms with Gasteiger partial charge in [-0.15, -0.1) is 0 Å². The predicted molar refractivity (Wildman–Crippen MR) is 69.0 cm³/mol. The molecule has 0 atom stereocenters. The second-order valence-electron chi connectivity index (χ2n) is 3.90. The number of carbonyl (C=O) groups excluding carboxylic acids is 1. The standard InChI is InChI=1S/C14H15NO3/c1-4-18-11-5-6-13-10(7-11)8-12(9(2)15-13)14(16)17-3/h5-8H,4H2,1-3H3. The number of hydrogen-bond donors (Lipinski definition) is 0. The normalized spacial score (nSPS) is 10.4. The molecule has 18 heavy (non-hydrogen) atoms. The molecular formula is C14H15NO3. The highest BCUT2D eigenvalue weighted by molar-refractivity contribution is 5.95. The first-order valence-electron chi connectivity index (χ1n) is 5.78. The molecule has 0 fully saturated rings. The molecule has 0 radical (unpaired) electrons. The summed E-state index contributed by atoms with van der Waals surface area (Å²) < 4.78 is 10.2. The molecule has 4 heteroatoms. The first-order chi connectivity index (χ1) is 8.65. The Hall–Kier alpha value is -2.10. The van der Waals surface area contributed by atoms with E-state index in [1.807, 2.05) is 25.1 Å². The van der Waals surface area contributed by atoms with Crippen LogP contribution in [0.1, 0.15) is 23.0 Å². The molecule has 0 amide bonds. The molecule has 1 aromatic heterocycles. The van der Waals surface area contributed by atoms with E-state index in [1.165, 1.54) is 7.11 Å². The molecule has 4 nitrogen and oxygen atoms in total. The van der Waals surface area contributed by atoms with E-state index in [0.717, 1.165) is 16.7 Å². The van der Waals surface area contributed by atoms with Crippen LogP contribution < -0.4 is 4.74 Å². The van der Waals surface area contributed by atoms with Crippen LogP contribution in [-0.2, 0) is 4.74 Å². The number of aromatic nitrogens is 1. The lowest BCUT2D eigenvalue weighted by molar-refractivity contribution is 0.0599. The zero-order valence-corrected chi connectivity index (χ0v) is 10.7. The summed E-state index contributed by atoms with van der Waals surface area (Å²) in [6.07, 6.45) is 0. The Morgan fingerprint density at radius 2 is 2.11 bits per heavy atom. The zero-order valence-electron chi connectivity index (χ0n) is 10.7. The molecule has 2 aromatic rings. The van der Waals surface area contributed by atoms with Gasteiger partial charge in [0.15, 0.2) is 0 Å². The van der Waals surface area contributed by atoms with Gasteiger partial charge >= 0.3 is 5.97 Å². The Bertz CT molecular complexity index is 593. The summed E-state index contributed by atoms with van der Waals surface area (Å²) in [6.45, 7) is 4.33. The molecule has 0 saturated carbocycles. The van der Waals surface area contributed by atoms with Crippen LogP contribution in [0.5, 0.6) is 5.75 Å². The van der Waals surface area contributed by atoms with Gasteiger partial charge in [-0.25, -0.2) is 4.79 Å². The SMILES string of the molecule is CCOc1ccc2nc(C)c(C(=O)OC)cc2c1. The largest absolute Gasteiger partial charge is 0.494 e. The highest BCUT2D eigenvalue weighted by Gasteiger charge is 2.12. The number of nitrogens with zero attached hydrogens (tertiary/aromatic N) is 1. The van der Waals surface area contributed by atoms with Crippen molar-refractivity contribution in [2.24, 2.45) is 0 Å². The van der Waals surface area contributed by atoms with Gasteiger partial charge in [0.05, 0.1) is 30.5 Å². The van der Waals surface area contributed by atoms with Crippen molar-refractivity contribution in [2.45, 2.75) is 13.8 Å². The second-order valence-corrected chi connectivity index (χ2v) is 3.90.